The van der Waals surface area contributed by atoms with Crippen LogP contribution >= 0.6 is 11.6 Å². The molecule has 0 spiro atoms. The molecule has 0 aliphatic rings. The normalized spacial score (nSPS) is 10.3. The number of hydrogen-bond donors (Lipinski definition) is 2. The number of aromatic nitrogens is 1. The van der Waals surface area contributed by atoms with Gasteiger partial charge in [0.2, 0.25) is 0 Å². The number of aryl methyl sites for hydroxylation is 2. The fourth-order valence-electron chi connectivity index (χ4n) is 1.71. The number of hydrogen-bond acceptors (Lipinski definition) is 3. The molecule has 0 bridgehead atoms. The molecule has 0 saturated heterocycles. The number of nitrogens with two attached hydrogens (primary N) is 1. The second-order valence-electron chi connectivity index (χ2n) is 4.39. The van der Waals surface area contributed by atoms with Gasteiger partial charge in [-0.15, -0.1) is 0 Å². The number of benzene rings is 1. The molecule has 0 atom stereocenters. The number of carbonyl (C=O) groups excluding carboxylic acids is 1. The number of halogens is 1. The van der Waals surface area contributed by atoms with E-state index in [9.17, 15) is 4.79 Å². The van der Waals surface area contributed by atoms with E-state index in [1.807, 2.05) is 13.8 Å². The van der Waals surface area contributed by atoms with Crippen LogP contribution in [0.15, 0.2) is 30.6 Å². The first-order valence-corrected chi connectivity index (χ1v) is 6.14. The van der Waals surface area contributed by atoms with Crippen molar-refractivity contribution in [1.82, 2.24) is 4.98 Å². The van der Waals surface area contributed by atoms with Crippen molar-refractivity contribution in [2.75, 3.05) is 11.1 Å². The Bertz CT molecular complexity index is 641. The van der Waals surface area contributed by atoms with Gasteiger partial charge in [-0.2, -0.15) is 0 Å². The smallest absolute Gasteiger partial charge is 0.257 e. The number of anilines is 2. The van der Waals surface area contributed by atoms with E-state index in [2.05, 4.69) is 10.3 Å². The Morgan fingerprint density at radius 2 is 2.00 bits per heavy atom. The van der Waals surface area contributed by atoms with E-state index in [4.69, 9.17) is 17.3 Å². The molecule has 0 unspecified atom stereocenters. The first kappa shape index (κ1) is 13.4. The van der Waals surface area contributed by atoms with Crippen LogP contribution in [0.3, 0.4) is 0 Å². The Morgan fingerprint density at radius 1 is 1.26 bits per heavy atom. The van der Waals surface area contributed by atoms with Crippen molar-refractivity contribution in [3.05, 3.63) is 52.3 Å². The Balaban J connectivity index is 2.27. The maximum absolute atomic E-state index is 12.1. The molecule has 0 aliphatic carbocycles. The fourth-order valence-corrected chi connectivity index (χ4v) is 1.88. The van der Waals surface area contributed by atoms with Gasteiger partial charge >= 0.3 is 0 Å². The van der Waals surface area contributed by atoms with Crippen LogP contribution in [0.25, 0.3) is 0 Å². The quantitative estimate of drug-likeness (QED) is 0.827. The summed E-state index contributed by atoms with van der Waals surface area (Å²) in [6.45, 7) is 3.74. The average Bonchev–Trinajstić information content (AvgIpc) is 2.36. The molecule has 19 heavy (non-hydrogen) atoms. The van der Waals surface area contributed by atoms with Gasteiger partial charge in [0.25, 0.3) is 5.91 Å². The molecular weight excluding hydrogens is 262 g/mol. The van der Waals surface area contributed by atoms with Crippen LogP contribution in [-0.4, -0.2) is 10.9 Å². The summed E-state index contributed by atoms with van der Waals surface area (Å²) in [6, 6.07) is 5.15. The number of pyridine rings is 1. The van der Waals surface area contributed by atoms with Crippen LogP contribution in [0.1, 0.15) is 21.5 Å². The standard InChI is InChI=1S/C14H14ClN3O/c1-8-3-10(7-17-6-8)14(19)18-13-5-11(15)12(16)4-9(13)2/h3-7H,16H2,1-2H3,(H,18,19). The molecule has 2 aromatic rings. The minimum atomic E-state index is -0.222. The molecular formula is C14H14ClN3O. The molecule has 4 nitrogen and oxygen atoms in total. The summed E-state index contributed by atoms with van der Waals surface area (Å²) in [5.74, 6) is -0.222. The minimum absolute atomic E-state index is 0.222. The fraction of sp³-hybridized carbons (Fsp3) is 0.143. The number of nitrogen functional groups attached to an aromatic ring is 1. The number of nitrogens with zero attached hydrogens (tertiary/aromatic N) is 1. The first-order chi connectivity index (χ1) is 8.97. The van der Waals surface area contributed by atoms with Gasteiger partial charge in [0.15, 0.2) is 0 Å². The zero-order valence-corrected chi connectivity index (χ0v) is 11.5. The summed E-state index contributed by atoms with van der Waals surface area (Å²) >= 11 is 5.95. The van der Waals surface area contributed by atoms with Crippen molar-refractivity contribution < 1.29 is 4.79 Å². The summed E-state index contributed by atoms with van der Waals surface area (Å²) in [6.07, 6.45) is 3.22. The van der Waals surface area contributed by atoms with E-state index in [0.717, 1.165) is 11.1 Å². The van der Waals surface area contributed by atoms with Gasteiger partial charge in [-0.1, -0.05) is 11.6 Å². The van der Waals surface area contributed by atoms with Gasteiger partial charge in [-0.05, 0) is 43.2 Å². The van der Waals surface area contributed by atoms with E-state index >= 15 is 0 Å². The molecule has 3 N–H and O–H groups in total. The van der Waals surface area contributed by atoms with E-state index in [0.29, 0.717) is 22.0 Å². The highest BCUT2D eigenvalue weighted by Crippen LogP contribution is 2.27. The second-order valence-corrected chi connectivity index (χ2v) is 4.80. The van der Waals surface area contributed by atoms with Crippen LogP contribution in [0.2, 0.25) is 5.02 Å². The minimum Gasteiger partial charge on any atom is -0.398 e. The monoisotopic (exact) mass is 275 g/mol. The average molecular weight is 276 g/mol. The summed E-state index contributed by atoms with van der Waals surface area (Å²) in [5.41, 5.74) is 9.13. The number of carbonyl (C=O) groups is 1. The van der Waals surface area contributed by atoms with Crippen molar-refractivity contribution in [2.45, 2.75) is 13.8 Å². The molecule has 0 radical (unpaired) electrons. The molecule has 1 heterocycles. The third-order valence-corrected chi connectivity index (χ3v) is 3.06. The zero-order chi connectivity index (χ0) is 14.0. The van der Waals surface area contributed by atoms with Crippen LogP contribution in [0.4, 0.5) is 11.4 Å². The van der Waals surface area contributed by atoms with Gasteiger partial charge in [0.05, 0.1) is 16.3 Å². The lowest BCUT2D eigenvalue weighted by Gasteiger charge is -2.10. The number of amides is 1. The third-order valence-electron chi connectivity index (χ3n) is 2.73. The Hall–Kier alpha value is -2.07. The van der Waals surface area contributed by atoms with E-state index < -0.39 is 0 Å². The Labute approximate surface area is 116 Å². The Kier molecular flexibility index (Phi) is 3.71. The Morgan fingerprint density at radius 3 is 2.68 bits per heavy atom. The van der Waals surface area contributed by atoms with E-state index in [1.165, 1.54) is 6.20 Å². The lowest BCUT2D eigenvalue weighted by Crippen LogP contribution is -2.13. The second kappa shape index (κ2) is 5.28. The maximum Gasteiger partial charge on any atom is 0.257 e. The van der Waals surface area contributed by atoms with Gasteiger partial charge in [-0.3, -0.25) is 9.78 Å². The predicted octanol–water partition coefficient (Wildman–Crippen LogP) is 3.19. The van der Waals surface area contributed by atoms with Crippen LogP contribution in [0, 0.1) is 13.8 Å². The van der Waals surface area contributed by atoms with Crippen molar-refractivity contribution >= 4 is 28.9 Å². The van der Waals surface area contributed by atoms with Gasteiger partial charge in [-0.25, -0.2) is 0 Å². The van der Waals surface area contributed by atoms with Gasteiger partial charge < -0.3 is 11.1 Å². The topological polar surface area (TPSA) is 68.0 Å². The molecule has 0 saturated carbocycles. The van der Waals surface area contributed by atoms with Gasteiger partial charge in [0, 0.05) is 18.1 Å². The molecule has 2 rings (SSSR count). The summed E-state index contributed by atoms with van der Waals surface area (Å²) < 4.78 is 0. The SMILES string of the molecule is Cc1cncc(C(=O)Nc2cc(Cl)c(N)cc2C)c1. The van der Waals surface area contributed by atoms with E-state index in [-0.39, 0.29) is 5.91 Å². The first-order valence-electron chi connectivity index (χ1n) is 5.76. The lowest BCUT2D eigenvalue weighted by molar-refractivity contribution is 0.102. The molecule has 5 heteroatoms. The van der Waals surface area contributed by atoms with Gasteiger partial charge in [0.1, 0.15) is 0 Å². The predicted molar refractivity (Wildman–Crippen MR) is 77.5 cm³/mol. The highest BCUT2D eigenvalue weighted by atomic mass is 35.5. The van der Waals surface area contributed by atoms with Crippen molar-refractivity contribution in [1.29, 1.82) is 0 Å². The summed E-state index contributed by atoms with van der Waals surface area (Å²) in [4.78, 5) is 16.1. The van der Waals surface area contributed by atoms with Crippen molar-refractivity contribution in [3.8, 4) is 0 Å². The summed E-state index contributed by atoms with van der Waals surface area (Å²) in [5, 5.41) is 3.22. The molecule has 1 aromatic carbocycles. The molecule has 98 valence electrons. The maximum atomic E-state index is 12.1. The number of rotatable bonds is 2. The molecule has 1 aromatic heterocycles. The summed E-state index contributed by atoms with van der Waals surface area (Å²) in [7, 11) is 0. The molecule has 0 aliphatic heterocycles. The van der Waals surface area contributed by atoms with Crippen LogP contribution in [0.5, 0.6) is 0 Å². The molecule has 1 amide bonds. The van der Waals surface area contributed by atoms with Crippen molar-refractivity contribution in [3.63, 3.8) is 0 Å². The van der Waals surface area contributed by atoms with E-state index in [1.54, 1.807) is 24.4 Å². The zero-order valence-electron chi connectivity index (χ0n) is 10.7. The lowest BCUT2D eigenvalue weighted by atomic mass is 10.1. The van der Waals surface area contributed by atoms with Crippen LogP contribution in [-0.2, 0) is 0 Å². The highest BCUT2D eigenvalue weighted by Gasteiger charge is 2.10. The number of nitrogens with one attached hydrogen (secondary N) is 1. The van der Waals surface area contributed by atoms with Crippen molar-refractivity contribution in [2.24, 2.45) is 0 Å². The largest absolute Gasteiger partial charge is 0.398 e. The molecule has 0 fully saturated rings. The third kappa shape index (κ3) is 3.03. The van der Waals surface area contributed by atoms with Crippen LogP contribution < -0.4 is 11.1 Å². The highest BCUT2D eigenvalue weighted by molar-refractivity contribution is 6.33.